The Morgan fingerprint density at radius 1 is 0.893 bits per heavy atom. The third-order valence-corrected chi connectivity index (χ3v) is 5.08. The van der Waals surface area contributed by atoms with Crippen molar-refractivity contribution in [3.8, 4) is 0 Å². The van der Waals surface area contributed by atoms with Crippen LogP contribution in [-0.4, -0.2) is 36.3 Å². The van der Waals surface area contributed by atoms with Crippen molar-refractivity contribution in [3.05, 3.63) is 71.5 Å². The molecule has 28 heavy (non-hydrogen) atoms. The number of benzene rings is 2. The number of hydrogen-bond acceptors (Lipinski definition) is 3. The van der Waals surface area contributed by atoms with E-state index in [9.17, 15) is 14.0 Å². The summed E-state index contributed by atoms with van der Waals surface area (Å²) in [5.74, 6) is -1.22. The SMILES string of the molecule is O=C(NCc1ccc(F)cc1)C(=O)NCC1CCN(Cc2ccccc2)CC1. The van der Waals surface area contributed by atoms with Crippen molar-refractivity contribution >= 4 is 11.8 Å². The Hall–Kier alpha value is -2.73. The first kappa shape index (κ1) is 20.0. The van der Waals surface area contributed by atoms with Crippen LogP contribution in [0.3, 0.4) is 0 Å². The predicted octanol–water partition coefficient (Wildman–Crippen LogP) is 2.47. The van der Waals surface area contributed by atoms with E-state index in [1.165, 1.54) is 17.7 Å². The van der Waals surface area contributed by atoms with Crippen LogP contribution in [0.4, 0.5) is 4.39 Å². The van der Waals surface area contributed by atoms with E-state index in [0.29, 0.717) is 12.5 Å². The Bertz CT molecular complexity index is 772. The monoisotopic (exact) mass is 383 g/mol. The van der Waals surface area contributed by atoms with E-state index < -0.39 is 11.8 Å². The highest BCUT2D eigenvalue weighted by atomic mass is 19.1. The summed E-state index contributed by atoms with van der Waals surface area (Å²) in [5.41, 5.74) is 2.06. The van der Waals surface area contributed by atoms with Crippen LogP contribution in [0.25, 0.3) is 0 Å². The summed E-state index contributed by atoms with van der Waals surface area (Å²) < 4.78 is 12.9. The van der Waals surface area contributed by atoms with E-state index >= 15 is 0 Å². The summed E-state index contributed by atoms with van der Waals surface area (Å²) in [6.45, 7) is 3.65. The highest BCUT2D eigenvalue weighted by Gasteiger charge is 2.21. The van der Waals surface area contributed by atoms with E-state index in [-0.39, 0.29) is 12.4 Å². The maximum Gasteiger partial charge on any atom is 0.309 e. The van der Waals surface area contributed by atoms with Gasteiger partial charge in [0.2, 0.25) is 0 Å². The molecule has 0 bridgehead atoms. The molecule has 2 N–H and O–H groups in total. The quantitative estimate of drug-likeness (QED) is 0.754. The minimum Gasteiger partial charge on any atom is -0.348 e. The van der Waals surface area contributed by atoms with Crippen LogP contribution in [0.15, 0.2) is 54.6 Å². The lowest BCUT2D eigenvalue weighted by atomic mass is 9.96. The van der Waals surface area contributed by atoms with Crippen LogP contribution >= 0.6 is 0 Å². The summed E-state index contributed by atoms with van der Waals surface area (Å²) >= 11 is 0. The van der Waals surface area contributed by atoms with Crippen LogP contribution in [0.1, 0.15) is 24.0 Å². The number of hydrogen-bond donors (Lipinski definition) is 2. The molecule has 3 rings (SSSR count). The summed E-state index contributed by atoms with van der Waals surface area (Å²) in [7, 11) is 0. The minimum absolute atomic E-state index is 0.199. The highest BCUT2D eigenvalue weighted by molar-refractivity contribution is 6.35. The second-order valence-electron chi connectivity index (χ2n) is 7.22. The zero-order valence-electron chi connectivity index (χ0n) is 15.9. The molecule has 1 heterocycles. The molecular weight excluding hydrogens is 357 g/mol. The normalized spacial score (nSPS) is 15.2. The van der Waals surface area contributed by atoms with E-state index in [1.807, 2.05) is 6.07 Å². The van der Waals surface area contributed by atoms with Gasteiger partial charge in [-0.1, -0.05) is 42.5 Å². The van der Waals surface area contributed by atoms with Crippen LogP contribution in [0.2, 0.25) is 0 Å². The number of nitrogens with zero attached hydrogens (tertiary/aromatic N) is 1. The average Bonchev–Trinajstić information content (AvgIpc) is 2.73. The molecule has 5 nitrogen and oxygen atoms in total. The maximum absolute atomic E-state index is 12.9. The number of carbonyl (C=O) groups is 2. The fourth-order valence-corrected chi connectivity index (χ4v) is 3.37. The second kappa shape index (κ2) is 9.99. The molecule has 0 atom stereocenters. The molecule has 6 heteroatoms. The number of amides is 2. The lowest BCUT2D eigenvalue weighted by Gasteiger charge is -2.32. The average molecular weight is 383 g/mol. The largest absolute Gasteiger partial charge is 0.348 e. The number of carbonyl (C=O) groups excluding carboxylic acids is 2. The molecule has 0 radical (unpaired) electrons. The molecule has 0 aliphatic carbocycles. The number of halogens is 1. The first-order valence-corrected chi connectivity index (χ1v) is 9.67. The van der Waals surface area contributed by atoms with Crippen molar-refractivity contribution < 1.29 is 14.0 Å². The molecule has 0 saturated carbocycles. The third-order valence-electron chi connectivity index (χ3n) is 5.08. The molecule has 148 valence electrons. The molecular formula is C22H26FN3O2. The van der Waals surface area contributed by atoms with Crippen LogP contribution in [0, 0.1) is 11.7 Å². The number of piperidine rings is 1. The molecule has 2 aromatic rings. The Labute approximate surface area is 164 Å². The molecule has 1 aliphatic rings. The second-order valence-corrected chi connectivity index (χ2v) is 7.22. The zero-order chi connectivity index (χ0) is 19.8. The van der Waals surface area contributed by atoms with Gasteiger partial charge in [-0.05, 0) is 55.1 Å². The molecule has 1 aliphatic heterocycles. The van der Waals surface area contributed by atoms with Crippen molar-refractivity contribution in [1.82, 2.24) is 15.5 Å². The van der Waals surface area contributed by atoms with Gasteiger partial charge >= 0.3 is 11.8 Å². The van der Waals surface area contributed by atoms with Gasteiger partial charge < -0.3 is 10.6 Å². The zero-order valence-corrected chi connectivity index (χ0v) is 15.9. The van der Waals surface area contributed by atoms with Crippen molar-refractivity contribution in [2.45, 2.75) is 25.9 Å². The van der Waals surface area contributed by atoms with E-state index in [2.05, 4.69) is 39.8 Å². The fraction of sp³-hybridized carbons (Fsp3) is 0.364. The minimum atomic E-state index is -0.661. The van der Waals surface area contributed by atoms with Gasteiger partial charge in [-0.2, -0.15) is 0 Å². The summed E-state index contributed by atoms with van der Waals surface area (Å²) in [4.78, 5) is 26.3. The summed E-state index contributed by atoms with van der Waals surface area (Å²) in [6.07, 6.45) is 2.01. The van der Waals surface area contributed by atoms with Gasteiger partial charge in [-0.3, -0.25) is 14.5 Å². The van der Waals surface area contributed by atoms with Gasteiger partial charge in [0.05, 0.1) is 0 Å². The van der Waals surface area contributed by atoms with Gasteiger partial charge in [0.1, 0.15) is 5.82 Å². The van der Waals surface area contributed by atoms with Gasteiger partial charge in [-0.25, -0.2) is 4.39 Å². The van der Waals surface area contributed by atoms with Crippen molar-refractivity contribution in [3.63, 3.8) is 0 Å². The molecule has 1 saturated heterocycles. The molecule has 1 fully saturated rings. The summed E-state index contributed by atoms with van der Waals surface area (Å²) in [6, 6.07) is 16.2. The van der Waals surface area contributed by atoms with Crippen LogP contribution in [0.5, 0.6) is 0 Å². The van der Waals surface area contributed by atoms with Crippen molar-refractivity contribution in [1.29, 1.82) is 0 Å². The maximum atomic E-state index is 12.9. The smallest absolute Gasteiger partial charge is 0.309 e. The third kappa shape index (κ3) is 6.16. The Morgan fingerprint density at radius 3 is 2.21 bits per heavy atom. The van der Waals surface area contributed by atoms with E-state index in [4.69, 9.17) is 0 Å². The fourth-order valence-electron chi connectivity index (χ4n) is 3.37. The van der Waals surface area contributed by atoms with Crippen molar-refractivity contribution in [2.24, 2.45) is 5.92 Å². The Balaban J connectivity index is 1.33. The molecule has 0 aromatic heterocycles. The van der Waals surface area contributed by atoms with E-state index in [1.54, 1.807) is 12.1 Å². The predicted molar refractivity (Wildman–Crippen MR) is 106 cm³/mol. The molecule has 2 amide bonds. The van der Waals surface area contributed by atoms with Gasteiger partial charge in [-0.15, -0.1) is 0 Å². The molecule has 0 spiro atoms. The molecule has 2 aromatic carbocycles. The van der Waals surface area contributed by atoms with Crippen molar-refractivity contribution in [2.75, 3.05) is 19.6 Å². The van der Waals surface area contributed by atoms with Gasteiger partial charge in [0, 0.05) is 19.6 Å². The van der Waals surface area contributed by atoms with Crippen LogP contribution < -0.4 is 10.6 Å². The number of rotatable bonds is 6. The van der Waals surface area contributed by atoms with Gasteiger partial charge in [0.25, 0.3) is 0 Å². The topological polar surface area (TPSA) is 61.4 Å². The number of likely N-dealkylation sites (tertiary alicyclic amines) is 1. The van der Waals surface area contributed by atoms with E-state index in [0.717, 1.165) is 38.0 Å². The Morgan fingerprint density at radius 2 is 1.54 bits per heavy atom. The standard InChI is InChI=1S/C22H26FN3O2/c23-20-8-6-17(7-9-20)14-24-21(27)22(28)25-15-18-10-12-26(13-11-18)16-19-4-2-1-3-5-19/h1-9,18H,10-16H2,(H,24,27)(H,25,28). The lowest BCUT2D eigenvalue weighted by Crippen LogP contribution is -2.43. The van der Waals surface area contributed by atoms with Crippen LogP contribution in [-0.2, 0) is 22.7 Å². The summed E-state index contributed by atoms with van der Waals surface area (Å²) in [5, 5.41) is 5.29. The number of nitrogens with one attached hydrogen (secondary N) is 2. The molecule has 0 unspecified atom stereocenters. The van der Waals surface area contributed by atoms with Gasteiger partial charge in [0.15, 0.2) is 0 Å². The lowest BCUT2D eigenvalue weighted by molar-refractivity contribution is -0.139. The first-order chi connectivity index (χ1) is 13.6. The first-order valence-electron chi connectivity index (χ1n) is 9.67. The Kier molecular flexibility index (Phi) is 7.14. The highest BCUT2D eigenvalue weighted by Crippen LogP contribution is 2.18.